The van der Waals surface area contributed by atoms with Crippen LogP contribution in [0.2, 0.25) is 0 Å². The molecule has 1 aromatic heterocycles. The lowest BCUT2D eigenvalue weighted by molar-refractivity contribution is 0.163. The molecular weight excluding hydrogens is 267 g/mol. The maximum atomic E-state index is 12.5. The minimum atomic E-state index is -0.269. The molecule has 0 saturated carbocycles. The van der Waals surface area contributed by atoms with Crippen LogP contribution in [0.1, 0.15) is 17.5 Å². The highest BCUT2D eigenvalue weighted by molar-refractivity contribution is 9.11. The van der Waals surface area contributed by atoms with Crippen LogP contribution in [0.4, 0.5) is 4.39 Å². The summed E-state index contributed by atoms with van der Waals surface area (Å²) in [5, 5.41) is 0. The predicted octanol–water partition coefficient (Wildman–Crippen LogP) is 2.62. The Balaban J connectivity index is 2.12. The average molecular weight is 279 g/mol. The first-order chi connectivity index (χ1) is 6.70. The van der Waals surface area contributed by atoms with Gasteiger partial charge in [0.2, 0.25) is 0 Å². The van der Waals surface area contributed by atoms with Gasteiger partial charge in [0.1, 0.15) is 6.67 Å². The number of hydrogen-bond donors (Lipinski definition) is 0. The van der Waals surface area contributed by atoms with Crippen molar-refractivity contribution in [2.75, 3.05) is 13.2 Å². The van der Waals surface area contributed by atoms with Gasteiger partial charge in [-0.25, -0.2) is 9.37 Å². The summed E-state index contributed by atoms with van der Waals surface area (Å²) in [5.74, 6) is 0. The lowest BCUT2D eigenvalue weighted by Crippen LogP contribution is -2.38. The Kier molecular flexibility index (Phi) is 3.19. The number of nitrogens with zero attached hydrogens (tertiary/aromatic N) is 2. The van der Waals surface area contributed by atoms with Gasteiger partial charge in [-0.2, -0.15) is 0 Å². The van der Waals surface area contributed by atoms with E-state index in [2.05, 4.69) is 25.8 Å². The SMILES string of the molecule is CC(CF)N1CCc2nc(Br)sc2C1. The van der Waals surface area contributed by atoms with Gasteiger partial charge in [-0.3, -0.25) is 4.90 Å². The molecule has 0 aliphatic carbocycles. The molecule has 1 aliphatic rings. The highest BCUT2D eigenvalue weighted by Gasteiger charge is 2.23. The van der Waals surface area contributed by atoms with Gasteiger partial charge in [0.25, 0.3) is 0 Å². The maximum Gasteiger partial charge on any atom is 0.159 e. The van der Waals surface area contributed by atoms with Crippen LogP contribution in [0, 0.1) is 0 Å². The highest BCUT2D eigenvalue weighted by atomic mass is 79.9. The van der Waals surface area contributed by atoms with Gasteiger partial charge >= 0.3 is 0 Å². The second kappa shape index (κ2) is 4.24. The summed E-state index contributed by atoms with van der Waals surface area (Å²) in [6.07, 6.45) is 0.946. The molecule has 0 fully saturated rings. The average Bonchev–Trinajstić information content (AvgIpc) is 2.55. The Morgan fingerprint density at radius 1 is 1.71 bits per heavy atom. The van der Waals surface area contributed by atoms with E-state index in [-0.39, 0.29) is 12.7 Å². The van der Waals surface area contributed by atoms with E-state index < -0.39 is 0 Å². The fourth-order valence-corrected chi connectivity index (χ4v) is 3.31. The van der Waals surface area contributed by atoms with E-state index in [4.69, 9.17) is 0 Å². The van der Waals surface area contributed by atoms with E-state index in [1.807, 2.05) is 6.92 Å². The molecule has 78 valence electrons. The quantitative estimate of drug-likeness (QED) is 0.827. The van der Waals surface area contributed by atoms with Crippen molar-refractivity contribution in [3.05, 3.63) is 14.5 Å². The molecule has 0 N–H and O–H groups in total. The number of fused-ring (bicyclic) bond motifs is 1. The molecule has 1 atom stereocenters. The number of halogens is 2. The number of thiazole rings is 1. The maximum absolute atomic E-state index is 12.5. The molecule has 0 aromatic carbocycles. The normalized spacial score (nSPS) is 19.4. The third-order valence-corrected chi connectivity index (χ3v) is 4.12. The monoisotopic (exact) mass is 278 g/mol. The number of rotatable bonds is 2. The molecule has 0 saturated heterocycles. The summed E-state index contributed by atoms with van der Waals surface area (Å²) in [6, 6.07) is 0.0315. The first-order valence-corrected chi connectivity index (χ1v) is 6.25. The highest BCUT2D eigenvalue weighted by Crippen LogP contribution is 2.28. The summed E-state index contributed by atoms with van der Waals surface area (Å²) in [6.45, 7) is 3.44. The van der Waals surface area contributed by atoms with Gasteiger partial charge in [0.15, 0.2) is 3.92 Å². The molecule has 2 rings (SSSR count). The summed E-state index contributed by atoms with van der Waals surface area (Å²) in [5.41, 5.74) is 1.18. The fraction of sp³-hybridized carbons (Fsp3) is 0.667. The van der Waals surface area contributed by atoms with Crippen LogP contribution in [0.3, 0.4) is 0 Å². The standard InChI is InChI=1S/C9H12BrFN2S/c1-6(4-11)13-3-2-7-8(5-13)14-9(10)12-7/h6H,2-5H2,1H3. The van der Waals surface area contributed by atoms with Gasteiger partial charge < -0.3 is 0 Å². The molecule has 0 radical (unpaired) electrons. The number of hydrogen-bond acceptors (Lipinski definition) is 3. The van der Waals surface area contributed by atoms with Crippen molar-refractivity contribution in [3.63, 3.8) is 0 Å². The van der Waals surface area contributed by atoms with Crippen molar-refractivity contribution in [1.82, 2.24) is 9.88 Å². The second-order valence-electron chi connectivity index (χ2n) is 3.56. The van der Waals surface area contributed by atoms with Crippen LogP contribution in [0.25, 0.3) is 0 Å². The summed E-state index contributed by atoms with van der Waals surface area (Å²) < 4.78 is 13.4. The van der Waals surface area contributed by atoms with Crippen LogP contribution in [0.5, 0.6) is 0 Å². The predicted molar refractivity (Wildman–Crippen MR) is 59.4 cm³/mol. The Labute approximate surface area is 95.3 Å². The zero-order valence-corrected chi connectivity index (χ0v) is 10.4. The van der Waals surface area contributed by atoms with E-state index >= 15 is 0 Å². The molecule has 0 spiro atoms. The van der Waals surface area contributed by atoms with Crippen molar-refractivity contribution in [1.29, 1.82) is 0 Å². The van der Waals surface area contributed by atoms with Gasteiger partial charge in [-0.1, -0.05) is 0 Å². The van der Waals surface area contributed by atoms with Crippen molar-refractivity contribution in [3.8, 4) is 0 Å². The third kappa shape index (κ3) is 1.99. The van der Waals surface area contributed by atoms with E-state index in [9.17, 15) is 4.39 Å². The van der Waals surface area contributed by atoms with E-state index in [1.54, 1.807) is 11.3 Å². The smallest absolute Gasteiger partial charge is 0.159 e. The molecule has 1 aliphatic heterocycles. The fourth-order valence-electron chi connectivity index (χ4n) is 1.66. The van der Waals surface area contributed by atoms with Crippen molar-refractivity contribution < 1.29 is 4.39 Å². The van der Waals surface area contributed by atoms with E-state index in [1.165, 1.54) is 10.6 Å². The van der Waals surface area contributed by atoms with E-state index in [0.29, 0.717) is 0 Å². The molecular formula is C9H12BrFN2S. The molecule has 0 amide bonds. The van der Waals surface area contributed by atoms with Gasteiger partial charge in [-0.15, -0.1) is 11.3 Å². The van der Waals surface area contributed by atoms with Crippen LogP contribution in [0.15, 0.2) is 3.92 Å². The molecule has 1 aromatic rings. The third-order valence-electron chi connectivity index (χ3n) is 2.58. The lowest BCUT2D eigenvalue weighted by atomic mass is 10.1. The van der Waals surface area contributed by atoms with Crippen molar-refractivity contribution in [2.45, 2.75) is 25.9 Å². The zero-order chi connectivity index (χ0) is 10.1. The minimum absolute atomic E-state index is 0.0315. The molecule has 2 heterocycles. The van der Waals surface area contributed by atoms with Crippen molar-refractivity contribution >= 4 is 27.3 Å². The van der Waals surface area contributed by atoms with E-state index in [0.717, 1.165) is 23.4 Å². The largest absolute Gasteiger partial charge is 0.293 e. The minimum Gasteiger partial charge on any atom is -0.293 e. The van der Waals surface area contributed by atoms with Crippen LogP contribution in [-0.2, 0) is 13.0 Å². The lowest BCUT2D eigenvalue weighted by Gasteiger charge is -2.29. The summed E-state index contributed by atoms with van der Waals surface area (Å²) in [7, 11) is 0. The molecule has 5 heteroatoms. The number of alkyl halides is 1. The topological polar surface area (TPSA) is 16.1 Å². The molecule has 1 unspecified atom stereocenters. The second-order valence-corrected chi connectivity index (χ2v) is 5.92. The Morgan fingerprint density at radius 2 is 2.50 bits per heavy atom. The van der Waals surface area contributed by atoms with Gasteiger partial charge in [-0.05, 0) is 22.9 Å². The number of aromatic nitrogens is 1. The van der Waals surface area contributed by atoms with Crippen LogP contribution in [-0.4, -0.2) is 29.1 Å². The molecule has 14 heavy (non-hydrogen) atoms. The first-order valence-electron chi connectivity index (χ1n) is 4.65. The van der Waals surface area contributed by atoms with Gasteiger partial charge in [0.05, 0.1) is 5.69 Å². The molecule has 2 nitrogen and oxygen atoms in total. The zero-order valence-electron chi connectivity index (χ0n) is 7.96. The molecule has 0 bridgehead atoms. The summed E-state index contributed by atoms with van der Waals surface area (Å²) in [4.78, 5) is 7.84. The first kappa shape index (κ1) is 10.5. The summed E-state index contributed by atoms with van der Waals surface area (Å²) >= 11 is 5.04. The van der Waals surface area contributed by atoms with Crippen LogP contribution < -0.4 is 0 Å². The Bertz CT molecular complexity index is 329. The Hall–Kier alpha value is -0.0000000000000000833. The Morgan fingerprint density at radius 3 is 3.21 bits per heavy atom. The van der Waals surface area contributed by atoms with Crippen molar-refractivity contribution in [2.24, 2.45) is 0 Å². The van der Waals surface area contributed by atoms with Crippen LogP contribution >= 0.6 is 27.3 Å². The van der Waals surface area contributed by atoms with Gasteiger partial charge in [0, 0.05) is 30.4 Å².